The van der Waals surface area contributed by atoms with Gasteiger partial charge in [-0.3, -0.25) is 18.6 Å². The number of ether oxygens (including phenoxy) is 1. The van der Waals surface area contributed by atoms with E-state index < -0.39 is 20.0 Å². The SMILES string of the molecule is CCCCC/C=C\C/C=C\CCCCCCCCCCCCCCCC(=O)NC(COP(=O)(O)OCC[N+](C)(C)C)C(/C=C/CCCCCCCCCCC)OC(=O)CCCCCCCCCCCCCCCCCCC/C=C/CCCCCCCC. The number of rotatable bonds is 70. The molecule has 512 valence electrons. The minimum absolute atomic E-state index is 0.0420. The predicted octanol–water partition coefficient (Wildman–Crippen LogP) is 24.4. The molecule has 2 N–H and O–H groups in total. The molecular weight excluding hydrogens is 1100 g/mol. The zero-order valence-electron chi connectivity index (χ0n) is 58.8. The van der Waals surface area contributed by atoms with Crippen LogP contribution in [-0.4, -0.2) is 74.3 Å². The summed E-state index contributed by atoms with van der Waals surface area (Å²) in [5.74, 6) is -0.487. The Bertz CT molecular complexity index is 1620. The van der Waals surface area contributed by atoms with Crippen LogP contribution in [0.15, 0.2) is 48.6 Å². The number of likely N-dealkylation sites (N-methyl/N-ethyl adjacent to an activating group) is 1. The van der Waals surface area contributed by atoms with Crippen molar-refractivity contribution >= 4 is 19.7 Å². The van der Waals surface area contributed by atoms with Crippen molar-refractivity contribution in [3.05, 3.63) is 48.6 Å². The van der Waals surface area contributed by atoms with Crippen LogP contribution in [0.2, 0.25) is 0 Å². The van der Waals surface area contributed by atoms with Crippen LogP contribution < -0.4 is 5.32 Å². The number of quaternary nitrogens is 1. The van der Waals surface area contributed by atoms with Crippen LogP contribution in [0.4, 0.5) is 0 Å². The van der Waals surface area contributed by atoms with Gasteiger partial charge in [0.05, 0.1) is 33.8 Å². The van der Waals surface area contributed by atoms with Crippen LogP contribution in [0, 0.1) is 0 Å². The van der Waals surface area contributed by atoms with E-state index in [1.165, 1.54) is 283 Å². The number of nitrogens with zero attached hydrogens (tertiary/aromatic N) is 1. The molecule has 0 saturated carbocycles. The van der Waals surface area contributed by atoms with Crippen molar-refractivity contribution in [2.45, 2.75) is 392 Å². The molecular formula is C77H148N2O7P+. The number of esters is 1. The molecule has 0 aromatic carbocycles. The molecule has 0 aliphatic carbocycles. The lowest BCUT2D eigenvalue weighted by atomic mass is 10.0. The smallest absolute Gasteiger partial charge is 0.456 e. The number of carbonyl (C=O) groups excluding carboxylic acids is 2. The van der Waals surface area contributed by atoms with Gasteiger partial charge < -0.3 is 19.4 Å². The number of unbranched alkanes of at least 4 members (excludes halogenated alkanes) is 48. The number of hydrogen-bond donors (Lipinski definition) is 2. The Hall–Kier alpha value is -2.03. The maximum Gasteiger partial charge on any atom is 0.472 e. The van der Waals surface area contributed by atoms with E-state index in [0.717, 1.165) is 64.2 Å². The summed E-state index contributed by atoms with van der Waals surface area (Å²) < 4.78 is 30.9. The largest absolute Gasteiger partial charge is 0.472 e. The van der Waals surface area contributed by atoms with Gasteiger partial charge in [0.15, 0.2) is 0 Å². The van der Waals surface area contributed by atoms with E-state index in [1.54, 1.807) is 0 Å². The summed E-state index contributed by atoms with van der Waals surface area (Å²) in [7, 11) is 1.51. The van der Waals surface area contributed by atoms with Gasteiger partial charge in [-0.05, 0) is 89.5 Å². The molecule has 3 atom stereocenters. The van der Waals surface area contributed by atoms with Crippen LogP contribution in [0.25, 0.3) is 0 Å². The molecule has 0 rings (SSSR count). The second-order valence-corrected chi connectivity index (χ2v) is 28.6. The molecule has 0 aromatic heterocycles. The highest BCUT2D eigenvalue weighted by atomic mass is 31.2. The standard InChI is InChI=1S/C77H147N2O7P/c1-7-10-13-16-19-22-25-27-29-31-33-35-37-38-39-40-42-44-46-48-50-52-55-58-61-64-67-70-77(81)86-75(68-65-62-59-56-53-24-21-18-15-12-9-3)74(73-85-87(82,83)84-72-71-79(4,5)6)78-76(80)69-66-63-60-57-54-51-49-47-45-43-41-36-34-32-30-28-26-23-20-17-14-11-8-2/h20,23,27-30,65,68,74-75H,7-19,21-22,24-26,31-64,66-67,69-73H2,1-6H3,(H-,78,80,82,83)/p+1/b23-20-,29-27+,30-28-,68-65+. The third-order valence-electron chi connectivity index (χ3n) is 17.2. The Morgan fingerprint density at radius 3 is 1.07 bits per heavy atom. The maximum absolute atomic E-state index is 13.6. The maximum atomic E-state index is 13.6. The highest BCUT2D eigenvalue weighted by Crippen LogP contribution is 2.43. The Balaban J connectivity index is 4.90. The minimum atomic E-state index is -4.45. The third-order valence-corrected chi connectivity index (χ3v) is 18.2. The first-order valence-corrected chi connectivity index (χ1v) is 39.5. The summed E-state index contributed by atoms with van der Waals surface area (Å²) in [6.07, 6.45) is 85.7. The second kappa shape index (κ2) is 66.9. The average molecular weight is 1250 g/mol. The van der Waals surface area contributed by atoms with Crippen LogP contribution in [0.3, 0.4) is 0 Å². The van der Waals surface area contributed by atoms with Crippen LogP contribution >= 0.6 is 7.82 Å². The first-order valence-electron chi connectivity index (χ1n) is 38.0. The first-order chi connectivity index (χ1) is 42.4. The fourth-order valence-corrected chi connectivity index (χ4v) is 12.1. The number of allylic oxidation sites excluding steroid dienone is 7. The van der Waals surface area contributed by atoms with Crippen molar-refractivity contribution in [2.75, 3.05) is 40.9 Å². The summed E-state index contributed by atoms with van der Waals surface area (Å²) in [5.41, 5.74) is 0. The Labute approximate surface area is 541 Å². The average Bonchev–Trinajstić information content (AvgIpc) is 3.70. The van der Waals surface area contributed by atoms with E-state index in [4.69, 9.17) is 13.8 Å². The van der Waals surface area contributed by atoms with Gasteiger partial charge in [0.25, 0.3) is 0 Å². The molecule has 0 bridgehead atoms. The van der Waals surface area contributed by atoms with E-state index in [0.29, 0.717) is 23.9 Å². The number of phosphoric ester groups is 1. The lowest BCUT2D eigenvalue weighted by molar-refractivity contribution is -0.870. The summed E-state index contributed by atoms with van der Waals surface area (Å²) in [6.45, 7) is 7.04. The van der Waals surface area contributed by atoms with Gasteiger partial charge in [-0.1, -0.05) is 327 Å². The molecule has 0 saturated heterocycles. The van der Waals surface area contributed by atoms with E-state index in [2.05, 4.69) is 62.5 Å². The molecule has 3 unspecified atom stereocenters. The van der Waals surface area contributed by atoms with Crippen LogP contribution in [0.1, 0.15) is 380 Å². The van der Waals surface area contributed by atoms with Crippen molar-refractivity contribution in [3.8, 4) is 0 Å². The summed E-state index contributed by atoms with van der Waals surface area (Å²) >= 11 is 0. The highest BCUT2D eigenvalue weighted by molar-refractivity contribution is 7.47. The van der Waals surface area contributed by atoms with Crippen molar-refractivity contribution in [3.63, 3.8) is 0 Å². The molecule has 0 fully saturated rings. The fraction of sp³-hybridized carbons (Fsp3) is 0.870. The van der Waals surface area contributed by atoms with Gasteiger partial charge in [-0.25, -0.2) is 4.57 Å². The summed E-state index contributed by atoms with van der Waals surface area (Å²) in [6, 6.07) is -0.847. The van der Waals surface area contributed by atoms with E-state index >= 15 is 0 Å². The highest BCUT2D eigenvalue weighted by Gasteiger charge is 2.30. The van der Waals surface area contributed by atoms with Crippen molar-refractivity contribution in [1.29, 1.82) is 0 Å². The predicted molar refractivity (Wildman–Crippen MR) is 379 cm³/mol. The summed E-state index contributed by atoms with van der Waals surface area (Å²) in [5, 5.41) is 3.08. The molecule has 0 aromatic rings. The van der Waals surface area contributed by atoms with Gasteiger partial charge in [-0.15, -0.1) is 0 Å². The van der Waals surface area contributed by atoms with Crippen molar-refractivity contribution in [1.82, 2.24) is 5.32 Å². The number of nitrogens with one attached hydrogen (secondary N) is 1. The number of hydrogen-bond acceptors (Lipinski definition) is 6. The van der Waals surface area contributed by atoms with Crippen LogP contribution in [-0.2, 0) is 27.9 Å². The quantitative estimate of drug-likeness (QED) is 0.0205. The first kappa shape index (κ1) is 85.0. The molecule has 9 nitrogen and oxygen atoms in total. The molecule has 0 radical (unpaired) electrons. The zero-order chi connectivity index (χ0) is 63.5. The zero-order valence-corrected chi connectivity index (χ0v) is 59.7. The second-order valence-electron chi connectivity index (χ2n) is 27.2. The Morgan fingerprint density at radius 1 is 0.402 bits per heavy atom. The van der Waals surface area contributed by atoms with E-state index in [9.17, 15) is 19.0 Å². The molecule has 0 aliphatic rings. The topological polar surface area (TPSA) is 111 Å². The van der Waals surface area contributed by atoms with Crippen molar-refractivity contribution in [2.24, 2.45) is 0 Å². The van der Waals surface area contributed by atoms with Crippen molar-refractivity contribution < 1.29 is 37.3 Å². The van der Waals surface area contributed by atoms with E-state index in [-0.39, 0.29) is 25.1 Å². The molecule has 0 heterocycles. The number of amides is 1. The van der Waals surface area contributed by atoms with Gasteiger partial charge in [0.1, 0.15) is 19.3 Å². The number of carbonyl (C=O) groups is 2. The fourth-order valence-electron chi connectivity index (χ4n) is 11.4. The monoisotopic (exact) mass is 1240 g/mol. The van der Waals surface area contributed by atoms with Gasteiger partial charge in [0, 0.05) is 12.8 Å². The van der Waals surface area contributed by atoms with Gasteiger partial charge in [0.2, 0.25) is 5.91 Å². The van der Waals surface area contributed by atoms with Crippen LogP contribution in [0.5, 0.6) is 0 Å². The Morgan fingerprint density at radius 2 is 0.701 bits per heavy atom. The summed E-state index contributed by atoms with van der Waals surface area (Å²) in [4.78, 5) is 37.9. The molecule has 87 heavy (non-hydrogen) atoms. The minimum Gasteiger partial charge on any atom is -0.456 e. The van der Waals surface area contributed by atoms with E-state index in [1.807, 2.05) is 33.3 Å². The molecule has 10 heteroatoms. The van der Waals surface area contributed by atoms with Gasteiger partial charge in [-0.2, -0.15) is 0 Å². The molecule has 0 aliphatic heterocycles. The Kier molecular flexibility index (Phi) is 65.3. The lowest BCUT2D eigenvalue weighted by Gasteiger charge is -2.27. The lowest BCUT2D eigenvalue weighted by Crippen LogP contribution is -2.47. The number of phosphoric acid groups is 1. The normalized spacial score (nSPS) is 13.7. The van der Waals surface area contributed by atoms with Gasteiger partial charge >= 0.3 is 13.8 Å². The molecule has 0 spiro atoms. The molecule has 1 amide bonds. The third kappa shape index (κ3) is 68.2.